The molecule has 3 nitrogen and oxygen atoms in total. The summed E-state index contributed by atoms with van der Waals surface area (Å²) in [5.74, 6) is -0.366. The van der Waals surface area contributed by atoms with Gasteiger partial charge < -0.3 is 9.80 Å². The quantitative estimate of drug-likeness (QED) is 0.812. The molecule has 1 heterocycles. The Hall–Kier alpha value is -1.78. The monoisotopic (exact) mass is 352 g/mol. The summed E-state index contributed by atoms with van der Waals surface area (Å²) in [5, 5.41) is 0.892. The highest BCUT2D eigenvalue weighted by Crippen LogP contribution is 2.23. The van der Waals surface area contributed by atoms with Crippen molar-refractivity contribution in [3.05, 3.63) is 63.9 Å². The lowest BCUT2D eigenvalue weighted by molar-refractivity contribution is 0.0747. The van der Waals surface area contributed by atoms with Gasteiger partial charge in [-0.1, -0.05) is 23.2 Å². The first-order valence-corrected chi connectivity index (χ1v) is 8.05. The zero-order valence-corrected chi connectivity index (χ0v) is 13.8. The Morgan fingerprint density at radius 2 is 1.61 bits per heavy atom. The molecule has 1 aliphatic rings. The summed E-state index contributed by atoms with van der Waals surface area (Å²) in [4.78, 5) is 16.5. The molecule has 1 saturated heterocycles. The number of hydrogen-bond donors (Lipinski definition) is 0. The van der Waals surface area contributed by atoms with E-state index in [2.05, 4.69) is 4.90 Å². The van der Waals surface area contributed by atoms with Crippen molar-refractivity contribution in [3.63, 3.8) is 0 Å². The van der Waals surface area contributed by atoms with Gasteiger partial charge in [-0.15, -0.1) is 0 Å². The van der Waals surface area contributed by atoms with Gasteiger partial charge in [-0.05, 0) is 42.5 Å². The Bertz CT molecular complexity index is 713. The molecule has 0 atom stereocenters. The number of benzene rings is 2. The highest BCUT2D eigenvalue weighted by molar-refractivity contribution is 6.35. The summed E-state index contributed by atoms with van der Waals surface area (Å²) in [6.07, 6.45) is 0. The molecule has 2 aromatic rings. The van der Waals surface area contributed by atoms with E-state index in [-0.39, 0.29) is 11.7 Å². The molecule has 1 amide bonds. The first-order chi connectivity index (χ1) is 11.0. The number of carbonyl (C=O) groups excluding carboxylic acids is 1. The maximum Gasteiger partial charge on any atom is 0.255 e. The molecule has 1 aliphatic heterocycles. The molecule has 23 heavy (non-hydrogen) atoms. The molecule has 120 valence electrons. The predicted octanol–water partition coefficient (Wildman–Crippen LogP) is 4.09. The number of hydrogen-bond acceptors (Lipinski definition) is 2. The van der Waals surface area contributed by atoms with Gasteiger partial charge in [0.1, 0.15) is 5.82 Å². The number of halogens is 3. The SMILES string of the molecule is O=C(c1cc(Cl)ccc1Cl)N1CCN(c2ccc(F)cc2)CC1. The van der Waals surface area contributed by atoms with Crippen molar-refractivity contribution >= 4 is 34.8 Å². The van der Waals surface area contributed by atoms with Crippen molar-refractivity contribution < 1.29 is 9.18 Å². The maximum atomic E-state index is 13.0. The van der Waals surface area contributed by atoms with Crippen molar-refractivity contribution in [1.29, 1.82) is 0 Å². The first-order valence-electron chi connectivity index (χ1n) is 7.29. The Balaban J connectivity index is 1.67. The molecule has 3 rings (SSSR count). The molecule has 0 aromatic heterocycles. The van der Waals surface area contributed by atoms with E-state index in [1.807, 2.05) is 0 Å². The Morgan fingerprint density at radius 1 is 0.957 bits per heavy atom. The van der Waals surface area contributed by atoms with E-state index in [1.54, 1.807) is 35.2 Å². The van der Waals surface area contributed by atoms with E-state index in [0.717, 1.165) is 5.69 Å². The molecule has 0 bridgehead atoms. The van der Waals surface area contributed by atoms with Crippen LogP contribution in [0.4, 0.5) is 10.1 Å². The molecule has 0 unspecified atom stereocenters. The Kier molecular flexibility index (Phi) is 4.74. The van der Waals surface area contributed by atoms with Crippen molar-refractivity contribution in [2.45, 2.75) is 0 Å². The molecule has 2 aromatic carbocycles. The third-order valence-electron chi connectivity index (χ3n) is 3.92. The fourth-order valence-electron chi connectivity index (χ4n) is 2.65. The second-order valence-electron chi connectivity index (χ2n) is 5.38. The van der Waals surface area contributed by atoms with Gasteiger partial charge >= 0.3 is 0 Å². The van der Waals surface area contributed by atoms with Gasteiger partial charge in [-0.3, -0.25) is 4.79 Å². The lowest BCUT2D eigenvalue weighted by Crippen LogP contribution is -2.48. The van der Waals surface area contributed by atoms with Crippen molar-refractivity contribution in [3.8, 4) is 0 Å². The average molecular weight is 353 g/mol. The van der Waals surface area contributed by atoms with E-state index in [9.17, 15) is 9.18 Å². The van der Waals surface area contributed by atoms with Crippen molar-refractivity contribution in [2.24, 2.45) is 0 Å². The van der Waals surface area contributed by atoms with Crippen LogP contribution in [0.2, 0.25) is 10.0 Å². The van der Waals surface area contributed by atoms with E-state index in [4.69, 9.17) is 23.2 Å². The standard InChI is InChI=1S/C17H15Cl2FN2O/c18-12-1-6-16(19)15(11-12)17(23)22-9-7-21(8-10-22)14-4-2-13(20)3-5-14/h1-6,11H,7-10H2. The third-order valence-corrected chi connectivity index (χ3v) is 4.48. The summed E-state index contributed by atoms with van der Waals surface area (Å²) in [6, 6.07) is 11.3. The van der Waals surface area contributed by atoms with Gasteiger partial charge in [0.25, 0.3) is 5.91 Å². The Labute approximate surface area is 144 Å². The minimum Gasteiger partial charge on any atom is -0.368 e. The van der Waals surface area contributed by atoms with Gasteiger partial charge in [0, 0.05) is 36.9 Å². The van der Waals surface area contributed by atoms with Crippen molar-refractivity contribution in [2.75, 3.05) is 31.1 Å². The van der Waals surface area contributed by atoms with Crippen LogP contribution in [0.5, 0.6) is 0 Å². The fraction of sp³-hybridized carbons (Fsp3) is 0.235. The molecule has 0 aliphatic carbocycles. The van der Waals surface area contributed by atoms with Crippen molar-refractivity contribution in [1.82, 2.24) is 4.90 Å². The summed E-state index contributed by atoms with van der Waals surface area (Å²) >= 11 is 12.0. The second-order valence-corrected chi connectivity index (χ2v) is 6.22. The second kappa shape index (κ2) is 6.77. The number of rotatable bonds is 2. The minimum atomic E-state index is -0.252. The molecule has 0 N–H and O–H groups in total. The van der Waals surface area contributed by atoms with Crippen LogP contribution in [-0.2, 0) is 0 Å². The minimum absolute atomic E-state index is 0.115. The number of piperazine rings is 1. The number of carbonyl (C=O) groups is 1. The van der Waals surface area contributed by atoms with E-state index < -0.39 is 0 Å². The molecular formula is C17H15Cl2FN2O. The lowest BCUT2D eigenvalue weighted by Gasteiger charge is -2.36. The number of amides is 1. The maximum absolute atomic E-state index is 13.0. The molecule has 6 heteroatoms. The zero-order valence-electron chi connectivity index (χ0n) is 12.3. The van der Waals surface area contributed by atoms with Gasteiger partial charge in [0.15, 0.2) is 0 Å². The third kappa shape index (κ3) is 3.59. The predicted molar refractivity (Wildman–Crippen MR) is 91.0 cm³/mol. The van der Waals surface area contributed by atoms with Gasteiger partial charge in [0.2, 0.25) is 0 Å². The van der Waals surface area contributed by atoms with Crippen LogP contribution in [0.15, 0.2) is 42.5 Å². The summed E-state index contributed by atoms with van der Waals surface area (Å²) in [7, 11) is 0. The fourth-order valence-corrected chi connectivity index (χ4v) is 3.02. The van der Waals surface area contributed by atoms with Crippen LogP contribution < -0.4 is 4.90 Å². The van der Waals surface area contributed by atoms with Gasteiger partial charge in [-0.25, -0.2) is 4.39 Å². The normalized spacial score (nSPS) is 14.9. The van der Waals surface area contributed by atoms with Crippen LogP contribution in [0.3, 0.4) is 0 Å². The number of nitrogens with zero attached hydrogens (tertiary/aromatic N) is 2. The highest BCUT2D eigenvalue weighted by atomic mass is 35.5. The zero-order chi connectivity index (χ0) is 16.4. The molecule has 0 radical (unpaired) electrons. The van der Waals surface area contributed by atoms with E-state index in [0.29, 0.717) is 41.8 Å². The molecule has 0 saturated carbocycles. The van der Waals surface area contributed by atoms with Gasteiger partial charge in [0.05, 0.1) is 10.6 Å². The van der Waals surface area contributed by atoms with Gasteiger partial charge in [-0.2, -0.15) is 0 Å². The number of anilines is 1. The average Bonchev–Trinajstić information content (AvgIpc) is 2.57. The summed E-state index contributed by atoms with van der Waals surface area (Å²) in [6.45, 7) is 2.54. The van der Waals surface area contributed by atoms with Crippen LogP contribution >= 0.6 is 23.2 Å². The molecular weight excluding hydrogens is 338 g/mol. The van der Waals surface area contributed by atoms with Crippen LogP contribution in [-0.4, -0.2) is 37.0 Å². The topological polar surface area (TPSA) is 23.6 Å². The molecule has 0 spiro atoms. The largest absolute Gasteiger partial charge is 0.368 e. The summed E-state index contributed by atoms with van der Waals surface area (Å²) in [5.41, 5.74) is 1.38. The molecule has 1 fully saturated rings. The first kappa shape index (κ1) is 16.1. The van der Waals surface area contributed by atoms with E-state index in [1.165, 1.54) is 12.1 Å². The van der Waals surface area contributed by atoms with Crippen LogP contribution in [0.25, 0.3) is 0 Å². The Morgan fingerprint density at radius 3 is 2.26 bits per heavy atom. The smallest absolute Gasteiger partial charge is 0.255 e. The lowest BCUT2D eigenvalue weighted by atomic mass is 10.1. The van der Waals surface area contributed by atoms with Crippen LogP contribution in [0.1, 0.15) is 10.4 Å². The summed E-state index contributed by atoms with van der Waals surface area (Å²) < 4.78 is 13.0. The highest BCUT2D eigenvalue weighted by Gasteiger charge is 2.24. The van der Waals surface area contributed by atoms with Crippen LogP contribution in [0, 0.1) is 5.82 Å². The van der Waals surface area contributed by atoms with E-state index >= 15 is 0 Å².